The van der Waals surface area contributed by atoms with Crippen LogP contribution < -0.4 is 10.6 Å². The van der Waals surface area contributed by atoms with Gasteiger partial charge in [-0.25, -0.2) is 0 Å². The molecule has 0 aromatic rings. The molecule has 0 spiro atoms. The largest absolute Gasteiger partial charge is 0.374 e. The molecule has 5 nitrogen and oxygen atoms in total. The van der Waals surface area contributed by atoms with Gasteiger partial charge in [-0.05, 0) is 25.4 Å². The number of carbonyl (C=O) groups is 1. The maximum Gasteiger partial charge on any atom is 0.227 e. The molecule has 5 heteroatoms. The van der Waals surface area contributed by atoms with Gasteiger partial charge in [-0.15, -0.1) is 0 Å². The number of ether oxygens (including phenoxy) is 1. The summed E-state index contributed by atoms with van der Waals surface area (Å²) in [6, 6.07) is 0. The van der Waals surface area contributed by atoms with Gasteiger partial charge in [0.05, 0.1) is 18.1 Å². The zero-order valence-corrected chi connectivity index (χ0v) is 13.1. The molecule has 2 fully saturated rings. The van der Waals surface area contributed by atoms with Crippen LogP contribution in [0.4, 0.5) is 0 Å². The van der Waals surface area contributed by atoms with E-state index < -0.39 is 0 Å². The van der Waals surface area contributed by atoms with Crippen molar-refractivity contribution < 1.29 is 9.53 Å². The average Bonchev–Trinajstić information content (AvgIpc) is 2.96. The average molecular weight is 283 g/mol. The molecule has 2 atom stereocenters. The van der Waals surface area contributed by atoms with Crippen molar-refractivity contribution in [3.05, 3.63) is 0 Å². The number of hydrogen-bond donors (Lipinski definition) is 2. The highest BCUT2D eigenvalue weighted by Crippen LogP contribution is 2.34. The maximum absolute atomic E-state index is 12.6. The lowest BCUT2D eigenvalue weighted by Crippen LogP contribution is -2.51. The van der Waals surface area contributed by atoms with Gasteiger partial charge in [0.2, 0.25) is 5.91 Å². The third kappa shape index (κ3) is 3.32. The number of carbonyl (C=O) groups excluding carboxylic acids is 1. The van der Waals surface area contributed by atoms with Crippen molar-refractivity contribution in [2.45, 2.75) is 33.3 Å². The number of amides is 1. The minimum atomic E-state index is -0.237. The molecular weight excluding hydrogens is 254 g/mol. The Morgan fingerprint density at radius 2 is 2.35 bits per heavy atom. The van der Waals surface area contributed by atoms with Gasteiger partial charge in [0.1, 0.15) is 0 Å². The summed E-state index contributed by atoms with van der Waals surface area (Å²) in [5.41, 5.74) is -0.237. The lowest BCUT2D eigenvalue weighted by molar-refractivity contribution is -0.133. The van der Waals surface area contributed by atoms with Crippen LogP contribution >= 0.6 is 0 Å². The third-order valence-corrected chi connectivity index (χ3v) is 4.91. The highest BCUT2D eigenvalue weighted by atomic mass is 16.5. The second-order valence-corrected chi connectivity index (χ2v) is 6.33. The van der Waals surface area contributed by atoms with Crippen molar-refractivity contribution >= 4 is 5.91 Å². The number of nitrogens with one attached hydrogen (secondary N) is 2. The number of morpholine rings is 1. The van der Waals surface area contributed by atoms with E-state index in [2.05, 4.69) is 36.3 Å². The van der Waals surface area contributed by atoms with Crippen LogP contribution in [0.15, 0.2) is 0 Å². The number of likely N-dealkylation sites (N-methyl/N-ethyl adjacent to an activating group) is 1. The zero-order valence-electron chi connectivity index (χ0n) is 13.1. The molecule has 0 radical (unpaired) electrons. The number of rotatable bonds is 5. The Balaban J connectivity index is 1.85. The summed E-state index contributed by atoms with van der Waals surface area (Å²) in [4.78, 5) is 15.0. The number of hydrogen-bond acceptors (Lipinski definition) is 4. The van der Waals surface area contributed by atoms with E-state index in [0.29, 0.717) is 12.5 Å². The summed E-state index contributed by atoms with van der Waals surface area (Å²) in [7, 11) is 0. The molecule has 2 N–H and O–H groups in total. The van der Waals surface area contributed by atoms with E-state index >= 15 is 0 Å². The van der Waals surface area contributed by atoms with Crippen molar-refractivity contribution in [2.75, 3.05) is 45.9 Å². The summed E-state index contributed by atoms with van der Waals surface area (Å²) in [6.45, 7) is 12.6. The lowest BCUT2D eigenvalue weighted by atomic mass is 9.75. The van der Waals surface area contributed by atoms with Gasteiger partial charge in [-0.3, -0.25) is 9.69 Å². The standard InChI is InChI=1S/C15H29N3O2/c1-4-18-7-8-20-13(10-18)9-17-14(19)15(12(2)3)5-6-16-11-15/h12-13,16H,4-11H2,1-3H3,(H,17,19). The minimum Gasteiger partial charge on any atom is -0.374 e. The fourth-order valence-corrected chi connectivity index (χ4v) is 3.23. The molecule has 2 unspecified atom stereocenters. The van der Waals surface area contributed by atoms with Crippen LogP contribution in [0.5, 0.6) is 0 Å². The van der Waals surface area contributed by atoms with Gasteiger partial charge in [-0.2, -0.15) is 0 Å². The minimum absolute atomic E-state index is 0.131. The molecule has 2 heterocycles. The van der Waals surface area contributed by atoms with Crippen LogP contribution in [0, 0.1) is 11.3 Å². The van der Waals surface area contributed by atoms with E-state index in [1.165, 1.54) is 0 Å². The molecule has 116 valence electrons. The van der Waals surface area contributed by atoms with Gasteiger partial charge in [0.25, 0.3) is 0 Å². The molecule has 0 bridgehead atoms. The Morgan fingerprint density at radius 3 is 2.95 bits per heavy atom. The monoisotopic (exact) mass is 283 g/mol. The maximum atomic E-state index is 12.6. The second-order valence-electron chi connectivity index (χ2n) is 6.33. The first kappa shape index (κ1) is 15.7. The predicted octanol–water partition coefficient (Wildman–Crippen LogP) is 0.459. The smallest absolute Gasteiger partial charge is 0.227 e. The van der Waals surface area contributed by atoms with Crippen LogP contribution in [0.2, 0.25) is 0 Å². The summed E-state index contributed by atoms with van der Waals surface area (Å²) in [6.07, 6.45) is 1.06. The van der Waals surface area contributed by atoms with Crippen LogP contribution in [0.1, 0.15) is 27.2 Å². The van der Waals surface area contributed by atoms with Crippen LogP contribution in [-0.2, 0) is 9.53 Å². The Kier molecular flexibility index (Phi) is 5.41. The van der Waals surface area contributed by atoms with Gasteiger partial charge in [0.15, 0.2) is 0 Å². The topological polar surface area (TPSA) is 53.6 Å². The van der Waals surface area contributed by atoms with E-state index in [4.69, 9.17) is 4.74 Å². The Bertz CT molecular complexity index is 327. The highest BCUT2D eigenvalue weighted by Gasteiger charge is 2.43. The second kappa shape index (κ2) is 6.87. The van der Waals surface area contributed by atoms with Crippen LogP contribution in [0.25, 0.3) is 0 Å². The van der Waals surface area contributed by atoms with E-state index in [9.17, 15) is 4.79 Å². The molecule has 0 saturated carbocycles. The van der Waals surface area contributed by atoms with Crippen molar-refractivity contribution in [1.29, 1.82) is 0 Å². The van der Waals surface area contributed by atoms with Crippen LogP contribution in [0.3, 0.4) is 0 Å². The van der Waals surface area contributed by atoms with E-state index in [1.54, 1.807) is 0 Å². The van der Waals surface area contributed by atoms with E-state index in [1.807, 2.05) is 0 Å². The summed E-state index contributed by atoms with van der Waals surface area (Å²) in [5, 5.41) is 6.46. The quantitative estimate of drug-likeness (QED) is 0.770. The first-order valence-electron chi connectivity index (χ1n) is 7.91. The van der Waals surface area contributed by atoms with Crippen molar-refractivity contribution in [3.8, 4) is 0 Å². The Labute approximate surface area is 122 Å². The van der Waals surface area contributed by atoms with Crippen LogP contribution in [-0.4, -0.2) is 62.8 Å². The predicted molar refractivity (Wildman–Crippen MR) is 79.6 cm³/mol. The molecule has 20 heavy (non-hydrogen) atoms. The van der Waals surface area contributed by atoms with Gasteiger partial charge in [0, 0.05) is 26.2 Å². The summed E-state index contributed by atoms with van der Waals surface area (Å²) in [5.74, 6) is 0.548. The molecule has 1 amide bonds. The first-order chi connectivity index (χ1) is 9.58. The van der Waals surface area contributed by atoms with Crippen molar-refractivity contribution in [2.24, 2.45) is 11.3 Å². The normalized spacial score (nSPS) is 31.7. The fourth-order valence-electron chi connectivity index (χ4n) is 3.23. The molecule has 2 rings (SSSR count). The molecule has 2 aliphatic heterocycles. The molecule has 0 aromatic heterocycles. The van der Waals surface area contributed by atoms with E-state index in [0.717, 1.165) is 45.8 Å². The highest BCUT2D eigenvalue weighted by molar-refractivity contribution is 5.83. The molecule has 0 aliphatic carbocycles. The summed E-state index contributed by atoms with van der Waals surface area (Å²) >= 11 is 0. The van der Waals surface area contributed by atoms with Gasteiger partial charge in [-0.1, -0.05) is 20.8 Å². The van der Waals surface area contributed by atoms with Gasteiger partial charge >= 0.3 is 0 Å². The summed E-state index contributed by atoms with van der Waals surface area (Å²) < 4.78 is 5.74. The zero-order chi connectivity index (χ0) is 14.6. The first-order valence-corrected chi connectivity index (χ1v) is 7.91. The number of nitrogens with zero attached hydrogens (tertiary/aromatic N) is 1. The molecular formula is C15H29N3O2. The fraction of sp³-hybridized carbons (Fsp3) is 0.933. The third-order valence-electron chi connectivity index (χ3n) is 4.91. The Hall–Kier alpha value is -0.650. The molecule has 2 aliphatic rings. The SMILES string of the molecule is CCN1CCOC(CNC(=O)C2(C(C)C)CCNC2)C1. The molecule has 2 saturated heterocycles. The molecule has 0 aromatic carbocycles. The van der Waals surface area contributed by atoms with Gasteiger partial charge < -0.3 is 15.4 Å². The van der Waals surface area contributed by atoms with E-state index in [-0.39, 0.29) is 17.4 Å². The lowest BCUT2D eigenvalue weighted by Gasteiger charge is -2.34. The van der Waals surface area contributed by atoms with Crippen molar-refractivity contribution in [1.82, 2.24) is 15.5 Å². The Morgan fingerprint density at radius 1 is 1.55 bits per heavy atom. The van der Waals surface area contributed by atoms with Crippen molar-refractivity contribution in [3.63, 3.8) is 0 Å².